The van der Waals surface area contributed by atoms with Crippen LogP contribution < -0.4 is 9.47 Å². The summed E-state index contributed by atoms with van der Waals surface area (Å²) in [6.45, 7) is 3.87. The minimum absolute atomic E-state index is 0.224. The molecule has 2 aromatic rings. The van der Waals surface area contributed by atoms with Crippen molar-refractivity contribution in [2.24, 2.45) is 17.8 Å². The average molecular weight is 436 g/mol. The number of hydrogen-bond acceptors (Lipinski definition) is 4. The van der Waals surface area contributed by atoms with E-state index >= 15 is 0 Å². The lowest BCUT2D eigenvalue weighted by atomic mass is 9.52. The average Bonchev–Trinajstić information content (AvgIpc) is 2.77. The summed E-state index contributed by atoms with van der Waals surface area (Å²) in [7, 11) is 1.72. The van der Waals surface area contributed by atoms with E-state index in [1.165, 1.54) is 44.1 Å². The highest BCUT2D eigenvalue weighted by atomic mass is 16.5. The Hall–Kier alpha value is -2.04. The van der Waals surface area contributed by atoms with Crippen LogP contribution in [0.1, 0.15) is 49.7 Å². The summed E-state index contributed by atoms with van der Waals surface area (Å²) in [6.07, 6.45) is 7.60. The molecule has 6 rings (SSSR count). The summed E-state index contributed by atoms with van der Waals surface area (Å²) in [5.41, 5.74) is 2.59. The number of benzene rings is 2. The van der Waals surface area contributed by atoms with Crippen LogP contribution in [0.25, 0.3) is 0 Å². The second kappa shape index (κ2) is 9.07. The highest BCUT2D eigenvalue weighted by Gasteiger charge is 2.53. The van der Waals surface area contributed by atoms with Crippen LogP contribution in [-0.4, -0.2) is 41.9 Å². The maximum atomic E-state index is 11.1. The van der Waals surface area contributed by atoms with Crippen LogP contribution in [-0.2, 0) is 6.54 Å². The van der Waals surface area contributed by atoms with Crippen molar-refractivity contribution < 1.29 is 14.6 Å². The van der Waals surface area contributed by atoms with Crippen molar-refractivity contribution >= 4 is 0 Å². The molecule has 1 atom stereocenters. The number of ether oxygens (including phenoxy) is 2. The molecule has 0 spiro atoms. The van der Waals surface area contributed by atoms with Crippen molar-refractivity contribution in [3.63, 3.8) is 0 Å². The van der Waals surface area contributed by atoms with E-state index in [4.69, 9.17) is 9.47 Å². The molecule has 2 aromatic carbocycles. The number of aliphatic hydroxyl groups excluding tert-OH is 1. The van der Waals surface area contributed by atoms with Crippen molar-refractivity contribution in [1.82, 2.24) is 4.90 Å². The molecule has 32 heavy (non-hydrogen) atoms. The van der Waals surface area contributed by atoms with Gasteiger partial charge in [-0.3, -0.25) is 4.90 Å². The van der Waals surface area contributed by atoms with E-state index in [0.717, 1.165) is 41.4 Å². The van der Waals surface area contributed by atoms with E-state index in [-0.39, 0.29) is 5.54 Å². The Bertz CT molecular complexity index is 891. The number of rotatable bonds is 9. The first kappa shape index (κ1) is 21.8. The van der Waals surface area contributed by atoms with Crippen LogP contribution in [0, 0.1) is 24.7 Å². The molecule has 4 aliphatic rings. The summed E-state index contributed by atoms with van der Waals surface area (Å²) in [6, 6.07) is 16.4. The van der Waals surface area contributed by atoms with Gasteiger partial charge in [0.05, 0.1) is 7.11 Å². The molecule has 0 heterocycles. The van der Waals surface area contributed by atoms with Gasteiger partial charge in [-0.2, -0.15) is 0 Å². The summed E-state index contributed by atoms with van der Waals surface area (Å²) < 4.78 is 11.5. The van der Waals surface area contributed by atoms with Gasteiger partial charge in [0.2, 0.25) is 0 Å². The molecule has 4 fully saturated rings. The zero-order valence-electron chi connectivity index (χ0n) is 19.5. The van der Waals surface area contributed by atoms with Crippen molar-refractivity contribution in [3.8, 4) is 11.5 Å². The maximum absolute atomic E-state index is 11.1. The molecular weight excluding hydrogens is 398 g/mol. The van der Waals surface area contributed by atoms with Gasteiger partial charge in [0.25, 0.3) is 0 Å². The Morgan fingerprint density at radius 3 is 2.34 bits per heavy atom. The molecule has 1 N–H and O–H groups in total. The van der Waals surface area contributed by atoms with Crippen LogP contribution in [0.4, 0.5) is 0 Å². The highest BCUT2D eigenvalue weighted by molar-refractivity contribution is 5.32. The van der Waals surface area contributed by atoms with Crippen molar-refractivity contribution in [1.29, 1.82) is 0 Å². The zero-order valence-corrected chi connectivity index (χ0v) is 19.5. The first-order valence-corrected chi connectivity index (χ1v) is 12.3. The number of β-amino-alcohol motifs (C(OH)–C–C–N with tert-alkyl or cyclic N) is 1. The Labute approximate surface area is 192 Å². The van der Waals surface area contributed by atoms with E-state index in [2.05, 4.69) is 23.1 Å². The Morgan fingerprint density at radius 2 is 1.69 bits per heavy atom. The lowest BCUT2D eigenvalue weighted by Gasteiger charge is -2.61. The molecular formula is C28H37NO3. The lowest BCUT2D eigenvalue weighted by molar-refractivity contribution is -0.105. The predicted molar refractivity (Wildman–Crippen MR) is 127 cm³/mol. The lowest BCUT2D eigenvalue weighted by Crippen LogP contribution is -2.61. The van der Waals surface area contributed by atoms with Gasteiger partial charge in [0.1, 0.15) is 24.2 Å². The van der Waals surface area contributed by atoms with E-state index in [0.29, 0.717) is 13.2 Å². The normalized spacial score (nSPS) is 29.3. The number of hydrogen-bond donors (Lipinski definition) is 1. The molecule has 4 saturated carbocycles. The zero-order chi connectivity index (χ0) is 22.1. The Kier molecular flexibility index (Phi) is 6.18. The molecule has 0 saturated heterocycles. The topological polar surface area (TPSA) is 41.9 Å². The first-order chi connectivity index (χ1) is 15.5. The van der Waals surface area contributed by atoms with E-state index in [9.17, 15) is 5.11 Å². The maximum Gasteiger partial charge on any atom is 0.122 e. The summed E-state index contributed by atoms with van der Waals surface area (Å²) >= 11 is 0. The van der Waals surface area contributed by atoms with Gasteiger partial charge in [-0.25, -0.2) is 0 Å². The summed E-state index contributed by atoms with van der Waals surface area (Å²) in [5, 5.41) is 11.1. The molecule has 4 nitrogen and oxygen atoms in total. The number of methoxy groups -OCH3 is 1. The third-order valence-electron chi connectivity index (χ3n) is 8.14. The largest absolute Gasteiger partial charge is 0.497 e. The van der Waals surface area contributed by atoms with Crippen molar-refractivity contribution in [3.05, 3.63) is 59.7 Å². The van der Waals surface area contributed by atoms with Gasteiger partial charge in [-0.15, -0.1) is 0 Å². The first-order valence-electron chi connectivity index (χ1n) is 12.3. The third-order valence-corrected chi connectivity index (χ3v) is 8.14. The van der Waals surface area contributed by atoms with E-state index in [1.54, 1.807) is 7.11 Å². The second-order valence-corrected chi connectivity index (χ2v) is 10.6. The van der Waals surface area contributed by atoms with Crippen molar-refractivity contribution in [2.75, 3.05) is 20.3 Å². The Balaban J connectivity index is 1.34. The fourth-order valence-electron chi connectivity index (χ4n) is 7.08. The van der Waals surface area contributed by atoms with Crippen molar-refractivity contribution in [2.45, 2.75) is 63.6 Å². The monoisotopic (exact) mass is 435 g/mol. The quantitative estimate of drug-likeness (QED) is 0.587. The highest BCUT2D eigenvalue weighted by Crippen LogP contribution is 2.58. The molecule has 4 heteroatoms. The van der Waals surface area contributed by atoms with Crippen LogP contribution in [0.5, 0.6) is 11.5 Å². The second-order valence-electron chi connectivity index (χ2n) is 10.6. The van der Waals surface area contributed by atoms with E-state index in [1.807, 2.05) is 37.3 Å². The van der Waals surface area contributed by atoms with Gasteiger partial charge in [-0.05, 0) is 92.5 Å². The number of para-hydroxylation sites is 1. The number of nitrogens with zero attached hydrogens (tertiary/aromatic N) is 1. The van der Waals surface area contributed by atoms with Gasteiger partial charge in [0, 0.05) is 18.6 Å². The van der Waals surface area contributed by atoms with E-state index < -0.39 is 6.10 Å². The third kappa shape index (κ3) is 4.53. The van der Waals surface area contributed by atoms with Crippen LogP contribution >= 0.6 is 0 Å². The van der Waals surface area contributed by atoms with Gasteiger partial charge in [0.15, 0.2) is 0 Å². The Morgan fingerprint density at radius 1 is 1.00 bits per heavy atom. The van der Waals surface area contributed by atoms with Gasteiger partial charge in [-0.1, -0.05) is 30.3 Å². The predicted octanol–water partition coefficient (Wildman–Crippen LogP) is 5.21. The standard InChI is InChI=1S/C28H37NO3/c1-20-6-3-4-9-27(20)32-19-25(30)18-29(17-21-7-5-8-26(13-21)31-2)28-14-22-10-23(15-28)12-24(11-22)16-28/h3-9,13,22-25,30H,10-12,14-19H2,1-2H3/t22?,23?,24?,25-,28?/m0/s1. The molecule has 4 aliphatic carbocycles. The summed E-state index contributed by atoms with van der Waals surface area (Å²) in [5.74, 6) is 4.37. The molecule has 0 radical (unpaired) electrons. The molecule has 0 aromatic heterocycles. The van der Waals surface area contributed by atoms with Gasteiger partial charge < -0.3 is 14.6 Å². The number of aliphatic hydroxyl groups is 1. The molecule has 0 aliphatic heterocycles. The minimum Gasteiger partial charge on any atom is -0.497 e. The van der Waals surface area contributed by atoms with Gasteiger partial charge >= 0.3 is 0 Å². The smallest absolute Gasteiger partial charge is 0.122 e. The molecule has 4 bridgehead atoms. The minimum atomic E-state index is -0.520. The fraction of sp³-hybridized carbons (Fsp3) is 0.571. The summed E-state index contributed by atoms with van der Waals surface area (Å²) in [4.78, 5) is 2.61. The van der Waals surface area contributed by atoms with Crippen LogP contribution in [0.2, 0.25) is 0 Å². The number of aryl methyl sites for hydroxylation is 1. The molecule has 0 amide bonds. The molecule has 0 unspecified atom stereocenters. The SMILES string of the molecule is COc1cccc(CN(C[C@H](O)COc2ccccc2C)C23CC4CC(CC(C4)C2)C3)c1. The van der Waals surface area contributed by atoms with Crippen LogP contribution in [0.3, 0.4) is 0 Å². The fourth-order valence-corrected chi connectivity index (χ4v) is 7.08. The molecule has 172 valence electrons. The van der Waals surface area contributed by atoms with Crippen LogP contribution in [0.15, 0.2) is 48.5 Å².